The number of carbonyl (C=O) groups is 1. The molecule has 0 radical (unpaired) electrons. The van der Waals surface area contributed by atoms with Crippen molar-refractivity contribution in [1.82, 2.24) is 24.7 Å². The van der Waals surface area contributed by atoms with Gasteiger partial charge in [0.1, 0.15) is 10.8 Å². The number of pyridine rings is 1. The number of nitrogens with one attached hydrogen (secondary N) is 1. The Morgan fingerprint density at radius 2 is 1.74 bits per heavy atom. The molecule has 4 rings (SSSR count). The molecule has 0 saturated carbocycles. The van der Waals surface area contributed by atoms with Gasteiger partial charge in [-0.15, -0.1) is 0 Å². The maximum absolute atomic E-state index is 14.6. The van der Waals surface area contributed by atoms with Gasteiger partial charge in [0.2, 0.25) is 0 Å². The lowest BCUT2D eigenvalue weighted by molar-refractivity contribution is -0.143. The minimum Gasteiger partial charge on any atom is -0.449 e. The van der Waals surface area contributed by atoms with Crippen LogP contribution in [-0.4, -0.2) is 30.6 Å². The normalized spacial score (nSPS) is 11.4. The standard InChI is InChI=1S/C20H11ClF5N7O2/c21-14-13(2-5-28-17(14)27)35-15-11(22)6-9(7-12(15)23)32-18(34)10-8-31-33(16(10)20(24,25)26)19-29-3-1-4-30-19/h1-8H,(H2,27,28)(H,32,34). The van der Waals surface area contributed by atoms with Crippen LogP contribution in [0.2, 0.25) is 5.02 Å². The van der Waals surface area contributed by atoms with Gasteiger partial charge in [-0.05, 0) is 6.07 Å². The molecule has 35 heavy (non-hydrogen) atoms. The Morgan fingerprint density at radius 3 is 2.37 bits per heavy atom. The van der Waals surface area contributed by atoms with Crippen molar-refractivity contribution in [2.45, 2.75) is 6.18 Å². The first-order valence-corrected chi connectivity index (χ1v) is 9.75. The third-order valence-electron chi connectivity index (χ3n) is 4.37. The average molecular weight is 512 g/mol. The first-order chi connectivity index (χ1) is 16.6. The average Bonchev–Trinajstić information content (AvgIpc) is 3.26. The minimum absolute atomic E-state index is 0.143. The Hall–Kier alpha value is -4.33. The van der Waals surface area contributed by atoms with Gasteiger partial charge in [0.15, 0.2) is 28.8 Å². The van der Waals surface area contributed by atoms with Gasteiger partial charge in [-0.2, -0.15) is 23.0 Å². The van der Waals surface area contributed by atoms with E-state index in [4.69, 9.17) is 22.1 Å². The lowest BCUT2D eigenvalue weighted by Crippen LogP contribution is -2.21. The monoisotopic (exact) mass is 511 g/mol. The molecule has 0 bridgehead atoms. The number of anilines is 2. The third kappa shape index (κ3) is 4.82. The number of carbonyl (C=O) groups excluding carboxylic acids is 1. The highest BCUT2D eigenvalue weighted by Crippen LogP contribution is 2.36. The van der Waals surface area contributed by atoms with E-state index in [1.54, 1.807) is 0 Å². The largest absolute Gasteiger partial charge is 0.449 e. The Labute approximate surface area is 197 Å². The molecule has 1 amide bonds. The zero-order valence-corrected chi connectivity index (χ0v) is 17.8. The Morgan fingerprint density at radius 1 is 1.09 bits per heavy atom. The van der Waals surface area contributed by atoms with Crippen molar-refractivity contribution in [3.8, 4) is 17.4 Å². The van der Waals surface area contributed by atoms with Crippen molar-refractivity contribution < 1.29 is 31.5 Å². The molecule has 3 aromatic heterocycles. The summed E-state index contributed by atoms with van der Waals surface area (Å²) in [7, 11) is 0. The Balaban J connectivity index is 1.64. The van der Waals surface area contributed by atoms with Crippen molar-refractivity contribution in [3.63, 3.8) is 0 Å². The number of aromatic nitrogens is 5. The predicted molar refractivity (Wildman–Crippen MR) is 112 cm³/mol. The lowest BCUT2D eigenvalue weighted by atomic mass is 10.2. The van der Waals surface area contributed by atoms with Gasteiger partial charge in [-0.25, -0.2) is 23.7 Å². The number of nitrogens with zero attached hydrogens (tertiary/aromatic N) is 5. The maximum Gasteiger partial charge on any atom is 0.434 e. The van der Waals surface area contributed by atoms with E-state index in [1.807, 2.05) is 5.32 Å². The van der Waals surface area contributed by atoms with Gasteiger partial charge in [-0.3, -0.25) is 4.79 Å². The molecule has 9 nitrogen and oxygen atoms in total. The van der Waals surface area contributed by atoms with Crippen LogP contribution in [0.4, 0.5) is 33.5 Å². The minimum atomic E-state index is -5.04. The van der Waals surface area contributed by atoms with E-state index in [0.29, 0.717) is 23.0 Å². The molecular formula is C20H11ClF5N7O2. The van der Waals surface area contributed by atoms with Gasteiger partial charge in [0.05, 0.1) is 11.8 Å². The summed E-state index contributed by atoms with van der Waals surface area (Å²) in [5, 5.41) is 5.35. The summed E-state index contributed by atoms with van der Waals surface area (Å²) >= 11 is 5.89. The van der Waals surface area contributed by atoms with Gasteiger partial charge >= 0.3 is 6.18 Å². The fourth-order valence-electron chi connectivity index (χ4n) is 2.90. The van der Waals surface area contributed by atoms with E-state index in [1.165, 1.54) is 30.7 Å². The van der Waals surface area contributed by atoms with Gasteiger partial charge in [0.25, 0.3) is 11.9 Å². The van der Waals surface area contributed by atoms with Crippen molar-refractivity contribution in [2.24, 2.45) is 0 Å². The number of hydrogen-bond donors (Lipinski definition) is 2. The van der Waals surface area contributed by atoms with E-state index in [0.717, 1.165) is 0 Å². The van der Waals surface area contributed by atoms with Crippen molar-refractivity contribution in [3.05, 3.63) is 77.0 Å². The van der Waals surface area contributed by atoms with Crippen LogP contribution < -0.4 is 15.8 Å². The Bertz CT molecular complexity index is 1390. The highest BCUT2D eigenvalue weighted by Gasteiger charge is 2.41. The number of alkyl halides is 3. The summed E-state index contributed by atoms with van der Waals surface area (Å²) < 4.78 is 75.7. The fraction of sp³-hybridized carbons (Fsp3) is 0.0500. The first-order valence-electron chi connectivity index (χ1n) is 9.37. The summed E-state index contributed by atoms with van der Waals surface area (Å²) in [6.45, 7) is 0. The van der Waals surface area contributed by atoms with Gasteiger partial charge < -0.3 is 15.8 Å². The summed E-state index contributed by atoms with van der Waals surface area (Å²) in [5.41, 5.74) is 2.62. The second kappa shape index (κ2) is 9.13. The summed E-state index contributed by atoms with van der Waals surface area (Å²) in [4.78, 5) is 23.6. The molecule has 0 aliphatic rings. The number of hydrogen-bond acceptors (Lipinski definition) is 7. The molecular weight excluding hydrogens is 501 g/mol. The number of halogens is 6. The number of ether oxygens (including phenoxy) is 1. The van der Waals surface area contributed by atoms with E-state index in [9.17, 15) is 26.7 Å². The van der Waals surface area contributed by atoms with Crippen LogP contribution in [-0.2, 0) is 6.18 Å². The molecule has 180 valence electrons. The van der Waals surface area contributed by atoms with Crippen LogP contribution in [0.15, 0.2) is 49.1 Å². The zero-order chi connectivity index (χ0) is 25.3. The van der Waals surface area contributed by atoms with E-state index < -0.39 is 52.4 Å². The molecule has 0 saturated heterocycles. The SMILES string of the molecule is Nc1nccc(Oc2c(F)cc(NC(=O)c3cnn(-c4ncccn4)c3C(F)(F)F)cc2F)c1Cl. The summed E-state index contributed by atoms with van der Waals surface area (Å²) in [6.07, 6.45) is -0.838. The third-order valence-corrected chi connectivity index (χ3v) is 4.75. The maximum atomic E-state index is 14.6. The van der Waals surface area contributed by atoms with Crippen LogP contribution in [0.5, 0.6) is 11.5 Å². The van der Waals surface area contributed by atoms with Gasteiger partial charge in [0, 0.05) is 42.5 Å². The zero-order valence-electron chi connectivity index (χ0n) is 17.0. The first kappa shape index (κ1) is 23.8. The number of nitrogens with two attached hydrogens (primary N) is 1. The molecule has 0 atom stereocenters. The smallest absolute Gasteiger partial charge is 0.434 e. The highest BCUT2D eigenvalue weighted by molar-refractivity contribution is 6.34. The molecule has 1 aromatic carbocycles. The topological polar surface area (TPSA) is 121 Å². The van der Waals surface area contributed by atoms with Crippen molar-refractivity contribution in [2.75, 3.05) is 11.1 Å². The number of amides is 1. The van der Waals surface area contributed by atoms with Crippen LogP contribution >= 0.6 is 11.6 Å². The molecule has 4 aromatic rings. The van der Waals surface area contributed by atoms with Crippen LogP contribution in [0.1, 0.15) is 16.1 Å². The molecule has 3 heterocycles. The molecule has 15 heteroatoms. The molecule has 0 aliphatic heterocycles. The van der Waals surface area contributed by atoms with Crippen LogP contribution in [0.3, 0.4) is 0 Å². The van der Waals surface area contributed by atoms with E-state index in [2.05, 4.69) is 20.1 Å². The molecule has 0 fully saturated rings. The van der Waals surface area contributed by atoms with Crippen molar-refractivity contribution >= 4 is 29.0 Å². The number of benzene rings is 1. The number of rotatable bonds is 5. The molecule has 0 spiro atoms. The predicted octanol–water partition coefficient (Wildman–Crippen LogP) is 4.63. The van der Waals surface area contributed by atoms with E-state index >= 15 is 0 Å². The Kier molecular flexibility index (Phi) is 6.22. The molecule has 0 unspecified atom stereocenters. The summed E-state index contributed by atoms with van der Waals surface area (Å²) in [6, 6.07) is 3.88. The highest BCUT2D eigenvalue weighted by atomic mass is 35.5. The second-order valence-electron chi connectivity index (χ2n) is 6.70. The lowest BCUT2D eigenvalue weighted by Gasteiger charge is -2.13. The van der Waals surface area contributed by atoms with Crippen LogP contribution in [0.25, 0.3) is 5.95 Å². The van der Waals surface area contributed by atoms with Crippen molar-refractivity contribution in [1.29, 1.82) is 0 Å². The van der Waals surface area contributed by atoms with Gasteiger partial charge in [-0.1, -0.05) is 11.6 Å². The van der Waals surface area contributed by atoms with E-state index in [-0.39, 0.29) is 16.6 Å². The fourth-order valence-corrected chi connectivity index (χ4v) is 3.05. The molecule has 0 aliphatic carbocycles. The number of nitrogen functional groups attached to an aromatic ring is 1. The second-order valence-corrected chi connectivity index (χ2v) is 7.08. The quantitative estimate of drug-likeness (QED) is 0.375. The summed E-state index contributed by atoms with van der Waals surface area (Å²) in [5.74, 6) is -5.56. The van der Waals surface area contributed by atoms with Crippen LogP contribution in [0, 0.1) is 11.6 Å². The molecule has 3 N–H and O–H groups in total.